The largest absolute Gasteiger partial charge is 0.493 e. The third-order valence-electron chi connectivity index (χ3n) is 6.02. The zero-order valence-electron chi connectivity index (χ0n) is 21.9. The normalized spacial score (nSPS) is 11.6. The highest BCUT2D eigenvalue weighted by Crippen LogP contribution is 2.28. The van der Waals surface area contributed by atoms with Gasteiger partial charge in [0.05, 0.1) is 14.2 Å². The summed E-state index contributed by atoms with van der Waals surface area (Å²) in [6.07, 6.45) is 1.13. The fourth-order valence-electron chi connectivity index (χ4n) is 4.20. The lowest BCUT2D eigenvalue weighted by Gasteiger charge is -2.32. The molecular formula is C30H35ClN2O4. The first kappa shape index (κ1) is 28.1. The van der Waals surface area contributed by atoms with Gasteiger partial charge in [-0.2, -0.15) is 0 Å². The Morgan fingerprint density at radius 1 is 0.865 bits per heavy atom. The van der Waals surface area contributed by atoms with Crippen LogP contribution in [0, 0.1) is 0 Å². The number of rotatable bonds is 12. The van der Waals surface area contributed by atoms with Crippen LogP contribution >= 0.6 is 11.6 Å². The molecule has 0 unspecified atom stereocenters. The van der Waals surface area contributed by atoms with Gasteiger partial charge in [-0.25, -0.2) is 0 Å². The minimum atomic E-state index is -0.679. The van der Waals surface area contributed by atoms with Crippen LogP contribution in [0.15, 0.2) is 72.8 Å². The molecule has 0 aliphatic rings. The Balaban J connectivity index is 1.90. The molecule has 1 N–H and O–H groups in total. The van der Waals surface area contributed by atoms with E-state index in [-0.39, 0.29) is 30.8 Å². The minimum absolute atomic E-state index is 0.0549. The summed E-state index contributed by atoms with van der Waals surface area (Å²) in [6, 6.07) is 22.0. The van der Waals surface area contributed by atoms with Crippen LogP contribution in [0.3, 0.4) is 0 Å². The summed E-state index contributed by atoms with van der Waals surface area (Å²) < 4.78 is 10.7. The first-order valence-corrected chi connectivity index (χ1v) is 12.8. The summed E-state index contributed by atoms with van der Waals surface area (Å²) in [5.74, 6) is 0.949. The predicted molar refractivity (Wildman–Crippen MR) is 147 cm³/mol. The van der Waals surface area contributed by atoms with Gasteiger partial charge in [0, 0.05) is 30.5 Å². The lowest BCUT2D eigenvalue weighted by atomic mass is 10.0. The van der Waals surface area contributed by atoms with Gasteiger partial charge >= 0.3 is 0 Å². The Morgan fingerprint density at radius 2 is 1.57 bits per heavy atom. The number of hydrogen-bond donors (Lipinski definition) is 1. The molecule has 1 atom stereocenters. The number of carbonyl (C=O) groups is 2. The first-order valence-electron chi connectivity index (χ1n) is 12.4. The maximum Gasteiger partial charge on any atom is 0.243 e. The van der Waals surface area contributed by atoms with Crippen LogP contribution in [-0.4, -0.2) is 43.0 Å². The molecule has 3 aromatic rings. The Morgan fingerprint density at radius 3 is 2.22 bits per heavy atom. The summed E-state index contributed by atoms with van der Waals surface area (Å²) in [4.78, 5) is 28.9. The lowest BCUT2D eigenvalue weighted by Crippen LogP contribution is -2.51. The number of nitrogens with zero attached hydrogens (tertiary/aromatic N) is 1. The van der Waals surface area contributed by atoms with Gasteiger partial charge in [0.2, 0.25) is 11.8 Å². The molecule has 0 aromatic heterocycles. The molecule has 6 nitrogen and oxygen atoms in total. The Hall–Kier alpha value is -3.51. The Labute approximate surface area is 224 Å². The standard InChI is InChI=1S/C30H35ClN2O4/c1-21(2)32-30(35)26(18-22-9-6-5-7-10-22)33(20-24-11-8-12-25(31)17-24)29(34)16-14-23-13-15-27(36-3)28(19-23)37-4/h5-13,15,17,19,21,26H,14,16,18,20H2,1-4H3,(H,32,35)/t26-/m1/s1. The van der Waals surface area contributed by atoms with Crippen LogP contribution in [0.1, 0.15) is 37.0 Å². The summed E-state index contributed by atoms with van der Waals surface area (Å²) in [6.45, 7) is 4.10. The van der Waals surface area contributed by atoms with Crippen LogP contribution in [-0.2, 0) is 29.0 Å². The van der Waals surface area contributed by atoms with E-state index in [0.29, 0.717) is 29.4 Å². The van der Waals surface area contributed by atoms with Crippen molar-refractivity contribution in [2.45, 2.75) is 51.7 Å². The summed E-state index contributed by atoms with van der Waals surface area (Å²) in [7, 11) is 3.17. The van der Waals surface area contributed by atoms with E-state index in [1.807, 2.05) is 80.6 Å². The SMILES string of the molecule is COc1ccc(CCC(=O)N(Cc2cccc(Cl)c2)[C@H](Cc2ccccc2)C(=O)NC(C)C)cc1OC. The molecule has 2 amide bonds. The average molecular weight is 523 g/mol. The Kier molecular flexibility index (Phi) is 10.4. The number of halogens is 1. The van der Waals surface area contributed by atoms with Gasteiger partial charge in [0.15, 0.2) is 11.5 Å². The molecule has 0 bridgehead atoms. The number of hydrogen-bond acceptors (Lipinski definition) is 4. The molecule has 0 saturated carbocycles. The van der Waals surface area contributed by atoms with Crippen molar-refractivity contribution in [1.29, 1.82) is 0 Å². The molecule has 3 aromatic carbocycles. The van der Waals surface area contributed by atoms with Gasteiger partial charge in [-0.1, -0.05) is 60.1 Å². The molecule has 0 saturated heterocycles. The third kappa shape index (κ3) is 8.25. The smallest absolute Gasteiger partial charge is 0.243 e. The van der Waals surface area contributed by atoms with Crippen molar-refractivity contribution in [3.05, 3.63) is 94.5 Å². The zero-order valence-corrected chi connectivity index (χ0v) is 22.6. The van der Waals surface area contributed by atoms with Gasteiger partial charge in [0.1, 0.15) is 6.04 Å². The summed E-state index contributed by atoms with van der Waals surface area (Å²) in [5, 5.41) is 3.59. The van der Waals surface area contributed by atoms with Crippen molar-refractivity contribution in [2.75, 3.05) is 14.2 Å². The fraction of sp³-hybridized carbons (Fsp3) is 0.333. The molecule has 0 aliphatic carbocycles. The zero-order chi connectivity index (χ0) is 26.8. The highest BCUT2D eigenvalue weighted by molar-refractivity contribution is 6.30. The molecule has 0 aliphatic heterocycles. The van der Waals surface area contributed by atoms with E-state index >= 15 is 0 Å². The molecule has 3 rings (SSSR count). The second-order valence-corrected chi connectivity index (χ2v) is 9.65. The van der Waals surface area contributed by atoms with E-state index in [0.717, 1.165) is 16.7 Å². The molecule has 0 heterocycles. The van der Waals surface area contributed by atoms with Crippen molar-refractivity contribution >= 4 is 23.4 Å². The summed E-state index contributed by atoms with van der Waals surface area (Å²) >= 11 is 6.24. The number of amides is 2. The maximum absolute atomic E-state index is 13.8. The van der Waals surface area contributed by atoms with Gasteiger partial charge in [-0.05, 0) is 61.2 Å². The Bertz CT molecular complexity index is 1180. The fourth-order valence-corrected chi connectivity index (χ4v) is 4.41. The van der Waals surface area contributed by atoms with Crippen LogP contribution in [0.25, 0.3) is 0 Å². The highest BCUT2D eigenvalue weighted by atomic mass is 35.5. The molecule has 0 spiro atoms. The molecule has 37 heavy (non-hydrogen) atoms. The number of benzene rings is 3. The van der Waals surface area contributed by atoms with Crippen molar-refractivity contribution in [1.82, 2.24) is 10.2 Å². The monoisotopic (exact) mass is 522 g/mol. The molecule has 7 heteroatoms. The number of nitrogens with one attached hydrogen (secondary N) is 1. The van der Waals surface area contributed by atoms with E-state index in [1.54, 1.807) is 25.2 Å². The number of ether oxygens (including phenoxy) is 2. The second-order valence-electron chi connectivity index (χ2n) is 9.21. The van der Waals surface area contributed by atoms with Crippen molar-refractivity contribution in [3.63, 3.8) is 0 Å². The van der Waals surface area contributed by atoms with Gasteiger partial charge < -0.3 is 19.7 Å². The third-order valence-corrected chi connectivity index (χ3v) is 6.25. The van der Waals surface area contributed by atoms with Crippen LogP contribution < -0.4 is 14.8 Å². The lowest BCUT2D eigenvalue weighted by molar-refractivity contribution is -0.141. The molecule has 0 radical (unpaired) electrons. The topological polar surface area (TPSA) is 67.9 Å². The van der Waals surface area contributed by atoms with Crippen molar-refractivity contribution < 1.29 is 19.1 Å². The average Bonchev–Trinajstić information content (AvgIpc) is 2.89. The van der Waals surface area contributed by atoms with Crippen molar-refractivity contribution in [3.8, 4) is 11.5 Å². The predicted octanol–water partition coefficient (Wildman–Crippen LogP) is 5.45. The quantitative estimate of drug-likeness (QED) is 0.343. The van der Waals surface area contributed by atoms with Gasteiger partial charge in [0.25, 0.3) is 0 Å². The number of carbonyl (C=O) groups excluding carboxylic acids is 2. The number of aryl methyl sites for hydroxylation is 1. The van der Waals surface area contributed by atoms with E-state index < -0.39 is 6.04 Å². The van der Waals surface area contributed by atoms with E-state index in [1.165, 1.54) is 0 Å². The molecular weight excluding hydrogens is 488 g/mol. The van der Waals surface area contributed by atoms with Gasteiger partial charge in [-0.15, -0.1) is 0 Å². The van der Waals surface area contributed by atoms with E-state index in [9.17, 15) is 9.59 Å². The maximum atomic E-state index is 13.8. The minimum Gasteiger partial charge on any atom is -0.493 e. The number of methoxy groups -OCH3 is 2. The second kappa shape index (κ2) is 13.7. The first-order chi connectivity index (χ1) is 17.8. The van der Waals surface area contributed by atoms with Crippen molar-refractivity contribution in [2.24, 2.45) is 0 Å². The molecule has 196 valence electrons. The van der Waals surface area contributed by atoms with Crippen LogP contribution in [0.5, 0.6) is 11.5 Å². The van der Waals surface area contributed by atoms with Crippen LogP contribution in [0.4, 0.5) is 0 Å². The van der Waals surface area contributed by atoms with Gasteiger partial charge in [-0.3, -0.25) is 9.59 Å². The summed E-state index contributed by atoms with van der Waals surface area (Å²) in [5.41, 5.74) is 2.79. The van der Waals surface area contributed by atoms with Crippen LogP contribution in [0.2, 0.25) is 5.02 Å². The van der Waals surface area contributed by atoms with E-state index in [2.05, 4.69) is 5.32 Å². The molecule has 0 fully saturated rings. The van der Waals surface area contributed by atoms with E-state index in [4.69, 9.17) is 21.1 Å². The highest BCUT2D eigenvalue weighted by Gasteiger charge is 2.30.